The minimum Gasteiger partial charge on any atom is -0.369 e. The van der Waals surface area contributed by atoms with E-state index in [0.29, 0.717) is 6.54 Å². The number of hydrogen-bond acceptors (Lipinski definition) is 6. The number of nitrogens with one attached hydrogen (secondary N) is 1. The van der Waals surface area contributed by atoms with Gasteiger partial charge in [0.15, 0.2) is 5.65 Å². The van der Waals surface area contributed by atoms with Crippen LogP contribution in [0.2, 0.25) is 0 Å². The number of H-pyrrole nitrogens is 1. The summed E-state index contributed by atoms with van der Waals surface area (Å²) in [5.74, 6) is 0.0845. The molecule has 0 aliphatic carbocycles. The first kappa shape index (κ1) is 22.7. The van der Waals surface area contributed by atoms with Crippen LogP contribution in [0.1, 0.15) is 16.8 Å². The van der Waals surface area contributed by atoms with E-state index in [1.54, 1.807) is 4.90 Å². The zero-order valence-corrected chi connectivity index (χ0v) is 21.4. The minimum absolute atomic E-state index is 0.0845. The highest BCUT2D eigenvalue weighted by atomic mass is 16.2. The number of aromatic nitrogens is 5. The molecule has 186 valence electrons. The number of carbonyl (C=O) groups is 1. The molecule has 1 aromatic carbocycles. The number of amides is 1. The molecule has 2 aliphatic rings. The number of rotatable bonds is 3. The molecule has 0 radical (unpaired) electrons. The second kappa shape index (κ2) is 8.74. The van der Waals surface area contributed by atoms with E-state index >= 15 is 0 Å². The van der Waals surface area contributed by atoms with E-state index in [-0.39, 0.29) is 12.5 Å². The van der Waals surface area contributed by atoms with E-state index in [0.717, 1.165) is 71.8 Å². The van der Waals surface area contributed by atoms with Gasteiger partial charge in [-0.2, -0.15) is 5.10 Å². The zero-order valence-electron chi connectivity index (χ0n) is 21.4. The van der Waals surface area contributed by atoms with Gasteiger partial charge in [0.25, 0.3) is 0 Å². The van der Waals surface area contributed by atoms with Crippen LogP contribution < -0.4 is 4.90 Å². The maximum atomic E-state index is 12.3. The summed E-state index contributed by atoms with van der Waals surface area (Å²) in [6.45, 7) is 9.62. The molecule has 9 heteroatoms. The smallest absolute Gasteiger partial charge is 0.244 e. The van der Waals surface area contributed by atoms with Crippen LogP contribution in [0.4, 0.5) is 5.69 Å². The van der Waals surface area contributed by atoms with Crippen molar-refractivity contribution in [2.75, 3.05) is 51.7 Å². The lowest BCUT2D eigenvalue weighted by Crippen LogP contribution is -2.45. The molecule has 5 heterocycles. The van der Waals surface area contributed by atoms with Crippen LogP contribution in [0.3, 0.4) is 0 Å². The van der Waals surface area contributed by atoms with E-state index in [9.17, 15) is 4.79 Å². The van der Waals surface area contributed by atoms with Crippen molar-refractivity contribution in [1.82, 2.24) is 34.8 Å². The molecule has 1 fully saturated rings. The fraction of sp³-hybridized carbons (Fsp3) is 0.407. The number of aryl methyl sites for hydroxylation is 2. The van der Waals surface area contributed by atoms with Crippen LogP contribution >= 0.6 is 0 Å². The normalized spacial score (nSPS) is 17.1. The van der Waals surface area contributed by atoms with E-state index < -0.39 is 0 Å². The van der Waals surface area contributed by atoms with E-state index in [4.69, 9.17) is 5.10 Å². The molecule has 0 atom stereocenters. The molecule has 9 nitrogen and oxygen atoms in total. The molecule has 4 aromatic rings. The van der Waals surface area contributed by atoms with Crippen LogP contribution in [-0.2, 0) is 17.8 Å². The van der Waals surface area contributed by atoms with Crippen molar-refractivity contribution in [2.45, 2.75) is 26.8 Å². The Morgan fingerprint density at radius 3 is 2.39 bits per heavy atom. The Balaban J connectivity index is 1.35. The van der Waals surface area contributed by atoms with E-state index in [1.165, 1.54) is 16.8 Å². The van der Waals surface area contributed by atoms with Crippen molar-refractivity contribution in [3.63, 3.8) is 0 Å². The zero-order chi connectivity index (χ0) is 25.0. The second-order valence-corrected chi connectivity index (χ2v) is 10.2. The Hall–Kier alpha value is -3.72. The summed E-state index contributed by atoms with van der Waals surface area (Å²) in [7, 11) is 4.03. The van der Waals surface area contributed by atoms with Crippen molar-refractivity contribution < 1.29 is 4.79 Å². The maximum absolute atomic E-state index is 12.3. The number of likely N-dealkylation sites (N-methyl/N-ethyl adjacent to an activating group) is 2. The molecule has 1 amide bonds. The Morgan fingerprint density at radius 1 is 0.889 bits per heavy atom. The number of carbonyl (C=O) groups excluding carboxylic acids is 1. The van der Waals surface area contributed by atoms with Gasteiger partial charge in [-0.1, -0.05) is 0 Å². The maximum Gasteiger partial charge on any atom is 0.244 e. The lowest BCUT2D eigenvalue weighted by atomic mass is 10.00. The fourth-order valence-electron chi connectivity index (χ4n) is 5.49. The van der Waals surface area contributed by atoms with Gasteiger partial charge in [-0.25, -0.2) is 0 Å². The second-order valence-electron chi connectivity index (χ2n) is 10.2. The van der Waals surface area contributed by atoms with Gasteiger partial charge >= 0.3 is 0 Å². The van der Waals surface area contributed by atoms with Gasteiger partial charge in [0.05, 0.1) is 11.4 Å². The summed E-state index contributed by atoms with van der Waals surface area (Å²) < 4.78 is 1.83. The van der Waals surface area contributed by atoms with Gasteiger partial charge in [0.2, 0.25) is 5.91 Å². The molecule has 1 N–H and O–H groups in total. The molecule has 0 unspecified atom stereocenters. The lowest BCUT2D eigenvalue weighted by Gasteiger charge is -2.36. The Kier molecular flexibility index (Phi) is 5.52. The standard InChI is InChI=1S/C27H32N8O/c1-17-11-19(12-18(2)26(17)34-9-7-32(3)8-10-34)23-14-21-22(15-28-27(21)30-29-23)24-13-20-5-6-33(4)25(36)16-35(20)31-24/h11-15H,5-10,16H2,1-4H3,(H,28,30). The summed E-state index contributed by atoms with van der Waals surface area (Å²) in [5.41, 5.74) is 9.41. The summed E-state index contributed by atoms with van der Waals surface area (Å²) in [5, 5.41) is 14.8. The number of anilines is 1. The molecule has 0 bridgehead atoms. The van der Waals surface area contributed by atoms with E-state index in [1.807, 2.05) is 17.9 Å². The SMILES string of the molecule is Cc1cc(-c2cc3c(-c4cc5n(n4)CC(=O)N(C)CC5)c[nH]c3nn2)cc(C)c1N1CCN(C)CC1. The molecule has 1 saturated heterocycles. The highest BCUT2D eigenvalue weighted by molar-refractivity contribution is 5.94. The molecule has 0 saturated carbocycles. The first-order valence-corrected chi connectivity index (χ1v) is 12.6. The molecule has 0 spiro atoms. The number of benzene rings is 1. The third-order valence-electron chi connectivity index (χ3n) is 7.60. The average Bonchev–Trinajstić information content (AvgIpc) is 3.43. The monoisotopic (exact) mass is 484 g/mol. The van der Waals surface area contributed by atoms with Crippen LogP contribution in [0.15, 0.2) is 30.5 Å². The minimum atomic E-state index is 0.0845. The van der Waals surface area contributed by atoms with Gasteiger partial charge in [0.1, 0.15) is 6.54 Å². The highest BCUT2D eigenvalue weighted by Crippen LogP contribution is 2.34. The molecule has 6 rings (SSSR count). The fourth-order valence-corrected chi connectivity index (χ4v) is 5.49. The molecular weight excluding hydrogens is 452 g/mol. The molecule has 3 aromatic heterocycles. The topological polar surface area (TPSA) is 86.2 Å². The summed E-state index contributed by atoms with van der Waals surface area (Å²) in [4.78, 5) is 22.2. The van der Waals surface area contributed by atoms with Crippen molar-refractivity contribution in [3.05, 3.63) is 47.3 Å². The van der Waals surface area contributed by atoms with Crippen LogP contribution in [0.5, 0.6) is 0 Å². The van der Waals surface area contributed by atoms with Gasteiger partial charge in [-0.15, -0.1) is 10.2 Å². The lowest BCUT2D eigenvalue weighted by molar-refractivity contribution is -0.130. The number of fused-ring (bicyclic) bond motifs is 2. The largest absolute Gasteiger partial charge is 0.369 e. The quantitative estimate of drug-likeness (QED) is 0.481. The highest BCUT2D eigenvalue weighted by Gasteiger charge is 2.22. The van der Waals surface area contributed by atoms with Crippen molar-refractivity contribution in [2.24, 2.45) is 0 Å². The van der Waals surface area contributed by atoms with Gasteiger partial charge in [0, 0.05) is 80.3 Å². The van der Waals surface area contributed by atoms with Gasteiger partial charge < -0.3 is 19.7 Å². The number of hydrogen-bond donors (Lipinski definition) is 1. The summed E-state index contributed by atoms with van der Waals surface area (Å²) >= 11 is 0. The first-order valence-electron chi connectivity index (χ1n) is 12.6. The summed E-state index contributed by atoms with van der Waals surface area (Å²) in [6.07, 6.45) is 2.73. The number of piperazine rings is 1. The molecule has 36 heavy (non-hydrogen) atoms. The van der Waals surface area contributed by atoms with Crippen molar-refractivity contribution in [3.8, 4) is 22.5 Å². The van der Waals surface area contributed by atoms with Crippen molar-refractivity contribution in [1.29, 1.82) is 0 Å². The molecular formula is C27H32N8O. The molecule has 2 aliphatic heterocycles. The van der Waals surface area contributed by atoms with Gasteiger partial charge in [-0.3, -0.25) is 9.48 Å². The van der Waals surface area contributed by atoms with Gasteiger partial charge in [-0.05, 0) is 56.3 Å². The van der Waals surface area contributed by atoms with Crippen LogP contribution in [0, 0.1) is 13.8 Å². The van der Waals surface area contributed by atoms with Crippen LogP contribution in [0.25, 0.3) is 33.5 Å². The van der Waals surface area contributed by atoms with Crippen LogP contribution in [-0.4, -0.2) is 87.5 Å². The third-order valence-corrected chi connectivity index (χ3v) is 7.60. The predicted molar refractivity (Wildman–Crippen MR) is 141 cm³/mol. The number of aromatic amines is 1. The Morgan fingerprint density at radius 2 is 1.64 bits per heavy atom. The Bertz CT molecular complexity index is 1440. The Labute approximate surface area is 210 Å². The third kappa shape index (κ3) is 3.93. The predicted octanol–water partition coefficient (Wildman–Crippen LogP) is 2.87. The number of nitrogens with zero attached hydrogens (tertiary/aromatic N) is 7. The first-order chi connectivity index (χ1) is 17.4. The van der Waals surface area contributed by atoms with Crippen molar-refractivity contribution >= 4 is 22.6 Å². The van der Waals surface area contributed by atoms with E-state index in [2.05, 4.69) is 70.1 Å². The summed E-state index contributed by atoms with van der Waals surface area (Å²) in [6, 6.07) is 8.64. The average molecular weight is 485 g/mol.